The van der Waals surface area contributed by atoms with Crippen LogP contribution in [0.25, 0.3) is 0 Å². The molecule has 0 amide bonds. The van der Waals surface area contributed by atoms with Crippen LogP contribution in [-0.2, 0) is 10.2 Å². The Hall–Kier alpha value is -0.430. The van der Waals surface area contributed by atoms with Gasteiger partial charge in [0.1, 0.15) is 0 Å². The standard InChI is InChI=1S/C10H19N3O2S/c1-2-7-13(10-3-4-10)16(14,15)12-8-5-11-6-9-12/h2,10-11H,1,3-9H2. The third kappa shape index (κ3) is 2.45. The first-order valence-electron chi connectivity index (χ1n) is 5.75. The normalized spacial score (nSPS) is 23.6. The molecule has 5 nitrogen and oxygen atoms in total. The van der Waals surface area contributed by atoms with E-state index in [0.717, 1.165) is 25.9 Å². The molecule has 2 rings (SSSR count). The zero-order chi connectivity index (χ0) is 11.6. The second-order valence-corrected chi connectivity index (χ2v) is 6.13. The lowest BCUT2D eigenvalue weighted by atomic mass is 10.4. The van der Waals surface area contributed by atoms with E-state index < -0.39 is 10.2 Å². The van der Waals surface area contributed by atoms with Crippen molar-refractivity contribution in [3.63, 3.8) is 0 Å². The van der Waals surface area contributed by atoms with Crippen LogP contribution < -0.4 is 5.32 Å². The van der Waals surface area contributed by atoms with Gasteiger partial charge in [0.25, 0.3) is 10.2 Å². The van der Waals surface area contributed by atoms with Crippen molar-refractivity contribution in [1.29, 1.82) is 0 Å². The van der Waals surface area contributed by atoms with Crippen LogP contribution in [0.15, 0.2) is 12.7 Å². The summed E-state index contributed by atoms with van der Waals surface area (Å²) in [6, 6.07) is 0.206. The summed E-state index contributed by atoms with van der Waals surface area (Å²) in [7, 11) is -3.27. The smallest absolute Gasteiger partial charge is 0.282 e. The van der Waals surface area contributed by atoms with Crippen LogP contribution in [0.2, 0.25) is 0 Å². The first-order valence-corrected chi connectivity index (χ1v) is 7.14. The van der Waals surface area contributed by atoms with Crippen LogP contribution >= 0.6 is 0 Å². The maximum Gasteiger partial charge on any atom is 0.282 e. The fourth-order valence-corrected chi connectivity index (χ4v) is 3.77. The molecule has 0 atom stereocenters. The van der Waals surface area contributed by atoms with Crippen LogP contribution in [0, 0.1) is 0 Å². The van der Waals surface area contributed by atoms with Crippen LogP contribution in [0.1, 0.15) is 12.8 Å². The van der Waals surface area contributed by atoms with Gasteiger partial charge in [0, 0.05) is 38.8 Å². The number of nitrogens with zero attached hydrogens (tertiary/aromatic N) is 2. The molecule has 1 heterocycles. The van der Waals surface area contributed by atoms with Gasteiger partial charge < -0.3 is 5.32 Å². The van der Waals surface area contributed by atoms with Crippen molar-refractivity contribution < 1.29 is 8.42 Å². The van der Waals surface area contributed by atoms with Crippen molar-refractivity contribution in [2.75, 3.05) is 32.7 Å². The van der Waals surface area contributed by atoms with Gasteiger partial charge in [-0.3, -0.25) is 0 Å². The quantitative estimate of drug-likeness (QED) is 0.682. The largest absolute Gasteiger partial charge is 0.314 e. The van der Waals surface area contributed by atoms with E-state index in [-0.39, 0.29) is 6.04 Å². The summed E-state index contributed by atoms with van der Waals surface area (Å²) in [5.41, 5.74) is 0. The zero-order valence-corrected chi connectivity index (χ0v) is 10.2. The van der Waals surface area contributed by atoms with Crippen molar-refractivity contribution in [2.45, 2.75) is 18.9 Å². The molecular formula is C10H19N3O2S. The van der Waals surface area contributed by atoms with Crippen molar-refractivity contribution in [2.24, 2.45) is 0 Å². The average Bonchev–Trinajstić information content (AvgIpc) is 3.11. The molecule has 0 bridgehead atoms. The minimum atomic E-state index is -3.27. The minimum Gasteiger partial charge on any atom is -0.314 e. The van der Waals surface area contributed by atoms with Crippen LogP contribution in [-0.4, -0.2) is 55.8 Å². The fraction of sp³-hybridized carbons (Fsp3) is 0.800. The molecule has 0 aromatic rings. The van der Waals surface area contributed by atoms with Gasteiger partial charge in [-0.15, -0.1) is 6.58 Å². The fourth-order valence-electron chi connectivity index (χ4n) is 1.94. The Morgan fingerprint density at radius 2 is 2.00 bits per heavy atom. The second kappa shape index (κ2) is 4.83. The van der Waals surface area contributed by atoms with Gasteiger partial charge in [-0.25, -0.2) is 0 Å². The Labute approximate surface area is 97.3 Å². The third-order valence-electron chi connectivity index (χ3n) is 2.96. The Morgan fingerprint density at radius 3 is 2.50 bits per heavy atom. The van der Waals surface area contributed by atoms with Crippen molar-refractivity contribution in [3.05, 3.63) is 12.7 Å². The molecule has 1 saturated heterocycles. The number of hydrogen-bond acceptors (Lipinski definition) is 3. The summed E-state index contributed by atoms with van der Waals surface area (Å²) in [5.74, 6) is 0. The first-order chi connectivity index (χ1) is 7.66. The Kier molecular flexibility index (Phi) is 3.63. The molecule has 0 unspecified atom stereocenters. The maximum atomic E-state index is 12.3. The van der Waals surface area contributed by atoms with Gasteiger partial charge in [0.2, 0.25) is 0 Å². The molecule has 0 aromatic carbocycles. The average molecular weight is 245 g/mol. The summed E-state index contributed by atoms with van der Waals surface area (Å²) in [6.07, 6.45) is 3.64. The molecule has 6 heteroatoms. The Bertz CT molecular complexity index is 345. The Morgan fingerprint density at radius 1 is 1.38 bits per heavy atom. The first kappa shape index (κ1) is 12.0. The lowest BCUT2D eigenvalue weighted by Gasteiger charge is -2.32. The van der Waals surface area contributed by atoms with Crippen LogP contribution in [0.3, 0.4) is 0 Å². The van der Waals surface area contributed by atoms with E-state index in [4.69, 9.17) is 0 Å². The molecule has 2 aliphatic rings. The lowest BCUT2D eigenvalue weighted by Crippen LogP contribution is -2.52. The molecule has 16 heavy (non-hydrogen) atoms. The van der Waals surface area contributed by atoms with Crippen molar-refractivity contribution >= 4 is 10.2 Å². The molecule has 2 fully saturated rings. The molecule has 0 aromatic heterocycles. The summed E-state index contributed by atoms with van der Waals surface area (Å²) in [5, 5.41) is 3.16. The number of nitrogens with one attached hydrogen (secondary N) is 1. The minimum absolute atomic E-state index is 0.206. The highest BCUT2D eigenvalue weighted by Crippen LogP contribution is 2.30. The van der Waals surface area contributed by atoms with E-state index >= 15 is 0 Å². The number of rotatable bonds is 5. The van der Waals surface area contributed by atoms with E-state index in [0.29, 0.717) is 19.6 Å². The van der Waals surface area contributed by atoms with Crippen molar-refractivity contribution in [3.8, 4) is 0 Å². The maximum absolute atomic E-state index is 12.3. The topological polar surface area (TPSA) is 52.7 Å². The number of piperazine rings is 1. The SMILES string of the molecule is C=CCN(C1CC1)S(=O)(=O)N1CCNCC1. The molecule has 1 saturated carbocycles. The van der Waals surface area contributed by atoms with Gasteiger partial charge in [0.15, 0.2) is 0 Å². The van der Waals surface area contributed by atoms with Crippen LogP contribution in [0.5, 0.6) is 0 Å². The molecule has 0 spiro atoms. The zero-order valence-electron chi connectivity index (χ0n) is 9.43. The third-order valence-corrected chi connectivity index (χ3v) is 5.02. The van der Waals surface area contributed by atoms with E-state index in [1.54, 1.807) is 14.7 Å². The Balaban J connectivity index is 2.10. The van der Waals surface area contributed by atoms with Crippen LogP contribution in [0.4, 0.5) is 0 Å². The lowest BCUT2D eigenvalue weighted by molar-refractivity contribution is 0.316. The van der Waals surface area contributed by atoms with E-state index in [1.165, 1.54) is 0 Å². The molecule has 1 aliphatic carbocycles. The monoisotopic (exact) mass is 245 g/mol. The van der Waals surface area contributed by atoms with Crippen molar-refractivity contribution in [1.82, 2.24) is 13.9 Å². The van der Waals surface area contributed by atoms with E-state index in [2.05, 4.69) is 11.9 Å². The summed E-state index contributed by atoms with van der Waals surface area (Å²) in [6.45, 7) is 6.69. The predicted molar refractivity (Wildman–Crippen MR) is 63.3 cm³/mol. The summed E-state index contributed by atoms with van der Waals surface area (Å²) in [4.78, 5) is 0. The van der Waals surface area contributed by atoms with Gasteiger partial charge in [0.05, 0.1) is 0 Å². The number of hydrogen-bond donors (Lipinski definition) is 1. The second-order valence-electron chi connectivity index (χ2n) is 4.25. The molecular weight excluding hydrogens is 226 g/mol. The molecule has 1 N–H and O–H groups in total. The summed E-state index contributed by atoms with van der Waals surface area (Å²) >= 11 is 0. The highest BCUT2D eigenvalue weighted by Gasteiger charge is 2.39. The van der Waals surface area contributed by atoms with Gasteiger partial charge in [-0.1, -0.05) is 6.08 Å². The predicted octanol–water partition coefficient (Wildman–Crippen LogP) is -0.213. The summed E-state index contributed by atoms with van der Waals surface area (Å²) < 4.78 is 27.8. The molecule has 0 radical (unpaired) electrons. The van der Waals surface area contributed by atoms with Gasteiger partial charge in [-0.05, 0) is 12.8 Å². The van der Waals surface area contributed by atoms with Gasteiger partial charge >= 0.3 is 0 Å². The molecule has 92 valence electrons. The molecule has 1 aliphatic heterocycles. The highest BCUT2D eigenvalue weighted by molar-refractivity contribution is 7.86. The highest BCUT2D eigenvalue weighted by atomic mass is 32.2. The van der Waals surface area contributed by atoms with E-state index in [1.807, 2.05) is 0 Å². The van der Waals surface area contributed by atoms with E-state index in [9.17, 15) is 8.42 Å². The van der Waals surface area contributed by atoms with Gasteiger partial charge in [-0.2, -0.15) is 17.0 Å².